The molecule has 170 valence electrons. The number of rotatable bonds is 5. The summed E-state index contributed by atoms with van der Waals surface area (Å²) in [6.45, 7) is 4.16. The third-order valence-corrected chi connectivity index (χ3v) is 5.84. The number of carbonyl (C=O) groups is 2. The second-order valence-corrected chi connectivity index (χ2v) is 8.84. The molecular weight excluding hydrogens is 465 g/mol. The van der Waals surface area contributed by atoms with Crippen molar-refractivity contribution in [3.05, 3.63) is 74.0 Å². The zero-order chi connectivity index (χ0) is 23.7. The Bertz CT molecular complexity index is 1290. The number of carbonyl (C=O) groups excluding carboxylic acids is 2. The van der Waals surface area contributed by atoms with E-state index in [-0.39, 0.29) is 23.8 Å². The first-order valence-corrected chi connectivity index (χ1v) is 11.0. The van der Waals surface area contributed by atoms with Crippen LogP contribution < -0.4 is 21.5 Å². The van der Waals surface area contributed by atoms with Crippen LogP contribution in [0.5, 0.6) is 0 Å². The molecule has 2 heterocycles. The lowest BCUT2D eigenvalue weighted by Gasteiger charge is -2.23. The van der Waals surface area contributed by atoms with E-state index in [1.165, 1.54) is 6.07 Å². The van der Waals surface area contributed by atoms with Crippen LogP contribution in [0.4, 0.5) is 23.1 Å². The number of hydrogen-bond acceptors (Lipinski definition) is 5. The Balaban J connectivity index is 1.60. The van der Waals surface area contributed by atoms with Crippen LogP contribution in [-0.2, 0) is 9.59 Å². The van der Waals surface area contributed by atoms with Gasteiger partial charge in [-0.25, -0.2) is 0 Å². The number of hydrogen-bond donors (Lipinski definition) is 4. The highest BCUT2D eigenvalue weighted by molar-refractivity contribution is 6.36. The minimum Gasteiger partial charge on any atom is -0.326 e. The highest BCUT2D eigenvalue weighted by Gasteiger charge is 2.34. The van der Waals surface area contributed by atoms with E-state index in [0.717, 1.165) is 5.56 Å². The van der Waals surface area contributed by atoms with Gasteiger partial charge in [0.25, 0.3) is 5.56 Å². The van der Waals surface area contributed by atoms with Crippen LogP contribution in [-0.4, -0.2) is 21.8 Å². The minimum atomic E-state index is -0.983. The van der Waals surface area contributed by atoms with Crippen LogP contribution in [0.2, 0.25) is 10.0 Å². The highest BCUT2D eigenvalue weighted by Crippen LogP contribution is 2.32. The number of H-pyrrole nitrogens is 1. The molecule has 0 spiro atoms. The number of nitrogens with one attached hydrogen (secondary N) is 4. The van der Waals surface area contributed by atoms with Crippen molar-refractivity contribution in [2.75, 3.05) is 16.0 Å². The summed E-state index contributed by atoms with van der Waals surface area (Å²) in [4.78, 5) is 45.0. The van der Waals surface area contributed by atoms with Crippen LogP contribution in [0.3, 0.4) is 0 Å². The number of nitrogens with zero attached hydrogens (tertiary/aromatic N) is 1. The van der Waals surface area contributed by atoms with Crippen molar-refractivity contribution in [3.63, 3.8) is 0 Å². The monoisotopic (exact) mass is 485 g/mol. The van der Waals surface area contributed by atoms with E-state index in [1.54, 1.807) is 24.3 Å². The van der Waals surface area contributed by atoms with Gasteiger partial charge in [-0.3, -0.25) is 19.4 Å². The van der Waals surface area contributed by atoms with E-state index in [0.29, 0.717) is 27.3 Å². The molecule has 1 aromatic heterocycles. The summed E-state index contributed by atoms with van der Waals surface area (Å²) in [5.74, 6) is -1.41. The third kappa shape index (κ3) is 5.02. The van der Waals surface area contributed by atoms with Crippen molar-refractivity contribution in [2.24, 2.45) is 0 Å². The van der Waals surface area contributed by atoms with Gasteiger partial charge in [-0.1, -0.05) is 49.2 Å². The first-order valence-electron chi connectivity index (χ1n) is 10.3. The van der Waals surface area contributed by atoms with E-state index in [1.807, 2.05) is 12.1 Å². The molecule has 3 aromatic rings. The molecule has 0 bridgehead atoms. The zero-order valence-electron chi connectivity index (χ0n) is 17.8. The van der Waals surface area contributed by atoms with E-state index in [9.17, 15) is 14.4 Å². The Morgan fingerprint density at radius 3 is 2.52 bits per heavy atom. The van der Waals surface area contributed by atoms with Crippen LogP contribution in [0, 0.1) is 0 Å². The van der Waals surface area contributed by atoms with Crippen molar-refractivity contribution >= 4 is 58.2 Å². The van der Waals surface area contributed by atoms with E-state index < -0.39 is 23.3 Å². The fourth-order valence-corrected chi connectivity index (χ4v) is 4.01. The number of benzene rings is 2. The Kier molecular flexibility index (Phi) is 6.40. The molecule has 1 aliphatic rings. The van der Waals surface area contributed by atoms with Gasteiger partial charge >= 0.3 is 0 Å². The van der Waals surface area contributed by atoms with Gasteiger partial charge < -0.3 is 16.0 Å². The largest absolute Gasteiger partial charge is 0.326 e. The predicted molar refractivity (Wildman–Crippen MR) is 130 cm³/mol. The van der Waals surface area contributed by atoms with Crippen molar-refractivity contribution in [2.45, 2.75) is 32.1 Å². The molecule has 0 fully saturated rings. The van der Waals surface area contributed by atoms with Crippen LogP contribution in [0.25, 0.3) is 0 Å². The summed E-state index contributed by atoms with van der Waals surface area (Å²) >= 11 is 12.1. The molecule has 10 heteroatoms. The molecule has 2 aromatic carbocycles. The Hall–Kier alpha value is -3.36. The van der Waals surface area contributed by atoms with E-state index >= 15 is 0 Å². The van der Waals surface area contributed by atoms with Crippen LogP contribution in [0.15, 0.2) is 47.3 Å². The maximum Gasteiger partial charge on any atom is 0.258 e. The lowest BCUT2D eigenvalue weighted by atomic mass is 9.92. The van der Waals surface area contributed by atoms with Crippen LogP contribution in [0.1, 0.15) is 43.2 Å². The first kappa shape index (κ1) is 22.8. The van der Waals surface area contributed by atoms with Crippen molar-refractivity contribution in [1.82, 2.24) is 9.97 Å². The summed E-state index contributed by atoms with van der Waals surface area (Å²) in [6.07, 6.45) is -0.163. The molecule has 0 radical (unpaired) electrons. The molecule has 1 aliphatic heterocycles. The lowest BCUT2D eigenvalue weighted by Crippen LogP contribution is -2.36. The molecule has 2 amide bonds. The van der Waals surface area contributed by atoms with Gasteiger partial charge in [0.2, 0.25) is 17.8 Å². The molecule has 0 saturated carbocycles. The number of aromatic amines is 1. The number of anilines is 4. The second kappa shape index (κ2) is 9.25. The Morgan fingerprint density at radius 2 is 1.85 bits per heavy atom. The highest BCUT2D eigenvalue weighted by atomic mass is 35.5. The summed E-state index contributed by atoms with van der Waals surface area (Å²) in [5, 5.41) is 9.04. The number of amides is 2. The predicted octanol–water partition coefficient (Wildman–Crippen LogP) is 5.01. The summed E-state index contributed by atoms with van der Waals surface area (Å²) in [6, 6.07) is 12.2. The van der Waals surface area contributed by atoms with Gasteiger partial charge in [-0.15, -0.1) is 0 Å². The average molecular weight is 486 g/mol. The number of halogens is 2. The van der Waals surface area contributed by atoms with Gasteiger partial charge in [-0.2, -0.15) is 4.98 Å². The number of aromatic nitrogens is 2. The average Bonchev–Trinajstić information content (AvgIpc) is 2.75. The smallest absolute Gasteiger partial charge is 0.258 e. The van der Waals surface area contributed by atoms with Gasteiger partial charge in [0.1, 0.15) is 5.82 Å². The third-order valence-electron chi connectivity index (χ3n) is 5.30. The summed E-state index contributed by atoms with van der Waals surface area (Å²) < 4.78 is 0. The maximum atomic E-state index is 13.0. The fraction of sp³-hybridized carbons (Fsp3) is 0.217. The molecule has 4 rings (SSSR count). The van der Waals surface area contributed by atoms with Crippen molar-refractivity contribution in [3.8, 4) is 0 Å². The van der Waals surface area contributed by atoms with Gasteiger partial charge in [0.05, 0.1) is 22.2 Å². The minimum absolute atomic E-state index is 0.0258. The maximum absolute atomic E-state index is 13.0. The zero-order valence-corrected chi connectivity index (χ0v) is 19.3. The SMILES string of the molecule is CC(C)c1ccc(NC(=O)[C@H]2CC(=O)Nc3nc(Nc4ccc(Cl)cc4Cl)[nH]c(=O)c32)cc1. The Morgan fingerprint density at radius 1 is 1.12 bits per heavy atom. The molecule has 0 saturated heterocycles. The molecule has 0 aliphatic carbocycles. The van der Waals surface area contributed by atoms with E-state index in [4.69, 9.17) is 23.2 Å². The topological polar surface area (TPSA) is 116 Å². The van der Waals surface area contributed by atoms with Crippen molar-refractivity contribution < 1.29 is 9.59 Å². The summed E-state index contributed by atoms with van der Waals surface area (Å²) in [7, 11) is 0. The molecule has 33 heavy (non-hydrogen) atoms. The van der Waals surface area contributed by atoms with Crippen LogP contribution >= 0.6 is 23.2 Å². The molecule has 1 atom stereocenters. The molecule has 4 N–H and O–H groups in total. The molecule has 0 unspecified atom stereocenters. The van der Waals surface area contributed by atoms with E-state index in [2.05, 4.69) is 39.8 Å². The van der Waals surface area contributed by atoms with Gasteiger partial charge in [0, 0.05) is 17.1 Å². The fourth-order valence-electron chi connectivity index (χ4n) is 3.55. The first-order chi connectivity index (χ1) is 15.7. The Labute approximate surface area is 199 Å². The molecular formula is C23H21Cl2N5O3. The standard InChI is InChI=1S/C23H21Cl2N5O3/c1-11(2)12-3-6-14(7-4-12)26-21(32)15-10-18(31)28-20-19(15)22(33)30-23(29-20)27-17-8-5-13(24)9-16(17)25/h3-9,11,15H,10H2,1-2H3,(H,26,32)(H3,27,28,29,30,31,33)/t15-/m0/s1. The second-order valence-electron chi connectivity index (χ2n) is 8.00. The molecule has 8 nitrogen and oxygen atoms in total. The quantitative estimate of drug-likeness (QED) is 0.405. The normalized spacial score (nSPS) is 15.1. The van der Waals surface area contributed by atoms with Gasteiger partial charge in [0.15, 0.2) is 0 Å². The summed E-state index contributed by atoms with van der Waals surface area (Å²) in [5.41, 5.74) is 1.74. The van der Waals surface area contributed by atoms with Gasteiger partial charge in [-0.05, 0) is 41.8 Å². The number of fused-ring (bicyclic) bond motifs is 1. The van der Waals surface area contributed by atoms with Crippen molar-refractivity contribution in [1.29, 1.82) is 0 Å². The lowest BCUT2D eigenvalue weighted by molar-refractivity contribution is -0.123.